The lowest BCUT2D eigenvalue weighted by atomic mass is 9.84. The van der Waals surface area contributed by atoms with Gasteiger partial charge in [-0.25, -0.2) is 0 Å². The predicted molar refractivity (Wildman–Crippen MR) is 60.4 cm³/mol. The van der Waals surface area contributed by atoms with E-state index in [-0.39, 0.29) is 0 Å². The van der Waals surface area contributed by atoms with Gasteiger partial charge in [0.2, 0.25) is 0 Å². The van der Waals surface area contributed by atoms with Gasteiger partial charge in [0.1, 0.15) is 0 Å². The molecule has 0 saturated carbocycles. The number of carbonyl (C=O) groups is 1. The zero-order chi connectivity index (χ0) is 18.3. The number of carbonyl (C=O) groups excluding carboxylic acids is 1. The fraction of sp³-hybridized carbons (Fsp3) is 0.417. The molecular weight excluding hydrogens is 345 g/mol. The third-order valence-electron chi connectivity index (χ3n) is 2.93. The van der Waals surface area contributed by atoms with Crippen molar-refractivity contribution >= 4 is 11.6 Å². The number of halogens is 9. The van der Waals surface area contributed by atoms with Gasteiger partial charge in [0.05, 0.1) is 0 Å². The average molecular weight is 353 g/mol. The molecule has 1 aromatic carbocycles. The van der Waals surface area contributed by atoms with Crippen LogP contribution in [-0.2, 0) is 4.79 Å². The van der Waals surface area contributed by atoms with Crippen molar-refractivity contribution in [2.24, 2.45) is 5.41 Å². The van der Waals surface area contributed by atoms with Crippen molar-refractivity contribution in [2.75, 3.05) is 5.32 Å². The molecule has 0 bridgehead atoms. The number of benzene rings is 1. The number of rotatable bonds is 2. The second-order valence-corrected chi connectivity index (χ2v) is 4.56. The Hall–Kier alpha value is -1.94. The molecule has 0 radical (unpaired) electrons. The van der Waals surface area contributed by atoms with Crippen LogP contribution in [0.4, 0.5) is 45.2 Å². The van der Waals surface area contributed by atoms with E-state index in [9.17, 15) is 44.3 Å². The van der Waals surface area contributed by atoms with E-state index in [1.54, 1.807) is 0 Å². The van der Waals surface area contributed by atoms with Crippen LogP contribution in [-0.4, -0.2) is 24.4 Å². The van der Waals surface area contributed by atoms with Crippen molar-refractivity contribution in [2.45, 2.75) is 25.5 Å². The molecule has 0 aliphatic rings. The number of aryl methyl sites for hydroxylation is 1. The topological polar surface area (TPSA) is 29.1 Å². The lowest BCUT2D eigenvalue weighted by molar-refractivity contribution is -0.405. The van der Waals surface area contributed by atoms with Crippen LogP contribution in [0.25, 0.3) is 0 Å². The van der Waals surface area contributed by atoms with Crippen molar-refractivity contribution in [1.82, 2.24) is 0 Å². The first-order chi connectivity index (χ1) is 10.1. The number of nitrogens with one attached hydrogen (secondary N) is 1. The van der Waals surface area contributed by atoms with Crippen LogP contribution in [0.5, 0.6) is 0 Å². The van der Waals surface area contributed by atoms with E-state index in [0.717, 1.165) is 17.4 Å². The van der Waals surface area contributed by atoms with Crippen molar-refractivity contribution < 1.29 is 44.3 Å². The minimum atomic E-state index is -6.93. The zero-order valence-electron chi connectivity index (χ0n) is 11.1. The second kappa shape index (κ2) is 5.60. The fourth-order valence-corrected chi connectivity index (χ4v) is 1.73. The minimum Gasteiger partial charge on any atom is -0.325 e. The molecule has 0 aliphatic carbocycles. The summed E-state index contributed by atoms with van der Waals surface area (Å²) in [5.74, 6) is -3.27. The molecule has 130 valence electrons. The Labute approximate surface area is 123 Å². The Kier molecular flexibility index (Phi) is 4.66. The van der Waals surface area contributed by atoms with E-state index in [4.69, 9.17) is 0 Å². The minimum absolute atomic E-state index is 0.525. The Morgan fingerprint density at radius 1 is 0.783 bits per heavy atom. The molecule has 0 saturated heterocycles. The standard InChI is InChI=1S/C12H8F9NO/c1-6-2-4-7(5-3-6)22-8(23)9(10(13,14)15,11(16,17)18)12(19,20)21/h2-5H,1H3,(H,22,23). The monoisotopic (exact) mass is 353 g/mol. The molecule has 23 heavy (non-hydrogen) atoms. The van der Waals surface area contributed by atoms with E-state index >= 15 is 0 Å². The van der Waals surface area contributed by atoms with Gasteiger partial charge in [0, 0.05) is 5.69 Å². The smallest absolute Gasteiger partial charge is 0.325 e. The summed E-state index contributed by atoms with van der Waals surface area (Å²) in [5, 5.41) is 1.03. The van der Waals surface area contributed by atoms with Gasteiger partial charge in [0.15, 0.2) is 0 Å². The normalized spacial score (nSPS) is 13.8. The first-order valence-corrected chi connectivity index (χ1v) is 5.73. The summed E-state index contributed by atoms with van der Waals surface area (Å²) in [6.45, 7) is 1.51. The number of hydrogen-bond acceptors (Lipinski definition) is 1. The fourth-order valence-electron chi connectivity index (χ4n) is 1.73. The molecule has 1 amide bonds. The summed E-state index contributed by atoms with van der Waals surface area (Å²) in [6.07, 6.45) is -20.8. The van der Waals surface area contributed by atoms with E-state index in [1.807, 2.05) is 0 Å². The second-order valence-electron chi connectivity index (χ2n) is 4.56. The molecule has 2 nitrogen and oxygen atoms in total. The maximum atomic E-state index is 12.7. The molecule has 1 rings (SSSR count). The summed E-state index contributed by atoms with van der Waals surface area (Å²) < 4.78 is 114. The molecule has 0 aromatic heterocycles. The Morgan fingerprint density at radius 3 is 1.43 bits per heavy atom. The highest BCUT2D eigenvalue weighted by Gasteiger charge is 2.88. The van der Waals surface area contributed by atoms with Crippen LogP contribution in [0.2, 0.25) is 0 Å². The summed E-state index contributed by atoms with van der Waals surface area (Å²) in [4.78, 5) is 11.4. The van der Waals surface area contributed by atoms with Crippen LogP contribution in [0.1, 0.15) is 5.56 Å². The van der Waals surface area contributed by atoms with Gasteiger partial charge in [-0.1, -0.05) is 17.7 Å². The van der Waals surface area contributed by atoms with E-state index in [1.165, 1.54) is 19.1 Å². The largest absolute Gasteiger partial charge is 0.421 e. The molecule has 1 aromatic rings. The zero-order valence-corrected chi connectivity index (χ0v) is 11.1. The highest BCUT2D eigenvalue weighted by Crippen LogP contribution is 2.59. The average Bonchev–Trinajstić information content (AvgIpc) is 2.26. The summed E-state index contributed by atoms with van der Waals surface area (Å²) in [7, 11) is 0. The van der Waals surface area contributed by atoms with E-state index < -0.39 is 35.5 Å². The Bertz CT molecular complexity index is 532. The quantitative estimate of drug-likeness (QED) is 0.774. The summed E-state index contributed by atoms with van der Waals surface area (Å²) >= 11 is 0. The van der Waals surface area contributed by atoms with Gasteiger partial charge in [0.25, 0.3) is 5.91 Å². The van der Waals surface area contributed by atoms with Gasteiger partial charge in [-0.3, -0.25) is 4.79 Å². The van der Waals surface area contributed by atoms with E-state index in [0.29, 0.717) is 5.56 Å². The Morgan fingerprint density at radius 2 is 1.13 bits per heavy atom. The highest BCUT2D eigenvalue weighted by atomic mass is 19.4. The van der Waals surface area contributed by atoms with Gasteiger partial charge in [-0.05, 0) is 19.1 Å². The van der Waals surface area contributed by atoms with Gasteiger partial charge >= 0.3 is 23.9 Å². The van der Waals surface area contributed by atoms with Crippen LogP contribution >= 0.6 is 0 Å². The number of hydrogen-bond donors (Lipinski definition) is 1. The molecule has 0 aliphatic heterocycles. The first kappa shape index (κ1) is 19.1. The number of alkyl halides is 9. The SMILES string of the molecule is Cc1ccc(NC(=O)C(C(F)(F)F)(C(F)(F)F)C(F)(F)F)cc1. The predicted octanol–water partition coefficient (Wildman–Crippen LogP) is 4.61. The molecule has 1 N–H and O–H groups in total. The molecule has 0 atom stereocenters. The molecular formula is C12H8F9NO. The van der Waals surface area contributed by atoms with Crippen molar-refractivity contribution in [1.29, 1.82) is 0 Å². The van der Waals surface area contributed by atoms with Crippen molar-refractivity contribution in [3.63, 3.8) is 0 Å². The third kappa shape index (κ3) is 3.22. The molecule has 11 heteroatoms. The molecule has 0 heterocycles. The lowest BCUT2D eigenvalue weighted by Gasteiger charge is -2.36. The highest BCUT2D eigenvalue weighted by molar-refractivity contribution is 5.97. The third-order valence-corrected chi connectivity index (χ3v) is 2.93. The van der Waals surface area contributed by atoms with Crippen LogP contribution in [0, 0.1) is 12.3 Å². The Balaban J connectivity index is 3.45. The van der Waals surface area contributed by atoms with Gasteiger partial charge in [-0.2, -0.15) is 39.5 Å². The van der Waals surface area contributed by atoms with Crippen LogP contribution in [0.15, 0.2) is 24.3 Å². The molecule has 0 unspecified atom stereocenters. The van der Waals surface area contributed by atoms with Crippen molar-refractivity contribution in [3.05, 3.63) is 29.8 Å². The number of amides is 1. The maximum Gasteiger partial charge on any atom is 0.421 e. The van der Waals surface area contributed by atoms with Crippen molar-refractivity contribution in [3.8, 4) is 0 Å². The number of anilines is 1. The van der Waals surface area contributed by atoms with E-state index in [2.05, 4.69) is 0 Å². The summed E-state index contributed by atoms with van der Waals surface area (Å²) in [6, 6.07) is 4.13. The summed E-state index contributed by atoms with van der Waals surface area (Å²) in [5.41, 5.74) is -6.64. The molecule has 0 fully saturated rings. The van der Waals surface area contributed by atoms with Crippen LogP contribution in [0.3, 0.4) is 0 Å². The van der Waals surface area contributed by atoms with Gasteiger partial charge < -0.3 is 5.32 Å². The van der Waals surface area contributed by atoms with Gasteiger partial charge in [-0.15, -0.1) is 0 Å². The maximum absolute atomic E-state index is 12.7. The molecule has 0 spiro atoms. The lowest BCUT2D eigenvalue weighted by Crippen LogP contribution is -2.65. The van der Waals surface area contributed by atoms with Crippen LogP contribution < -0.4 is 5.32 Å². The first-order valence-electron chi connectivity index (χ1n) is 5.73.